The van der Waals surface area contributed by atoms with Crippen molar-refractivity contribution in [2.24, 2.45) is 0 Å². The van der Waals surface area contributed by atoms with Crippen LogP contribution in [0, 0.1) is 6.92 Å². The highest BCUT2D eigenvalue weighted by Gasteiger charge is 2.12. The Kier molecular flexibility index (Phi) is 4.74. The molecule has 0 unspecified atom stereocenters. The Balaban J connectivity index is 1.88. The van der Waals surface area contributed by atoms with E-state index >= 15 is 0 Å². The van der Waals surface area contributed by atoms with E-state index in [9.17, 15) is 4.79 Å². The first-order valence-corrected chi connectivity index (χ1v) is 7.30. The maximum absolute atomic E-state index is 12.0. The number of nitrogens with two attached hydrogens (primary N) is 1. The van der Waals surface area contributed by atoms with Gasteiger partial charge in [0, 0.05) is 17.6 Å². The Bertz CT molecular complexity index is 582. The molecule has 0 spiro atoms. The fourth-order valence-electron chi connectivity index (χ4n) is 1.77. The smallest absolute Gasteiger partial charge is 0.233 e. The normalized spacial score (nSPS) is 10.5. The van der Waals surface area contributed by atoms with Crippen LogP contribution in [-0.2, 0) is 11.3 Å². The first kappa shape index (κ1) is 14.5. The molecular weight excluding hydrogens is 272 g/mol. The van der Waals surface area contributed by atoms with Gasteiger partial charge in [-0.25, -0.2) is 0 Å². The van der Waals surface area contributed by atoms with E-state index in [0.29, 0.717) is 12.3 Å². The van der Waals surface area contributed by atoms with Gasteiger partial charge in [-0.1, -0.05) is 6.07 Å². The topological polar surface area (TPSA) is 59.5 Å². The zero-order valence-corrected chi connectivity index (χ0v) is 12.4. The van der Waals surface area contributed by atoms with E-state index in [4.69, 9.17) is 10.2 Å². The minimum absolute atomic E-state index is 0.0476. The molecule has 0 saturated carbocycles. The minimum atomic E-state index is 0.0476. The van der Waals surface area contributed by atoms with Crippen molar-refractivity contribution in [3.05, 3.63) is 47.9 Å². The zero-order chi connectivity index (χ0) is 14.5. The van der Waals surface area contributed by atoms with Crippen LogP contribution in [0.5, 0.6) is 0 Å². The number of amides is 1. The lowest BCUT2D eigenvalue weighted by Gasteiger charge is -2.15. The summed E-state index contributed by atoms with van der Waals surface area (Å²) in [5, 5.41) is 0. The summed E-state index contributed by atoms with van der Waals surface area (Å²) in [6.07, 6.45) is 1.61. The fraction of sp³-hybridized carbons (Fsp3) is 0.267. The number of nitrogen functional groups attached to an aromatic ring is 1. The number of furan rings is 1. The van der Waals surface area contributed by atoms with Gasteiger partial charge >= 0.3 is 0 Å². The van der Waals surface area contributed by atoms with E-state index in [1.54, 1.807) is 18.2 Å². The number of aryl methyl sites for hydroxylation is 1. The van der Waals surface area contributed by atoms with Crippen molar-refractivity contribution >= 4 is 23.4 Å². The van der Waals surface area contributed by atoms with Crippen LogP contribution < -0.4 is 5.73 Å². The highest BCUT2D eigenvalue weighted by molar-refractivity contribution is 8.00. The molecule has 1 amide bonds. The second kappa shape index (κ2) is 6.52. The average Bonchev–Trinajstić information content (AvgIpc) is 2.90. The van der Waals surface area contributed by atoms with Crippen LogP contribution in [0.1, 0.15) is 11.3 Å². The number of hydrogen-bond donors (Lipinski definition) is 1. The van der Waals surface area contributed by atoms with Gasteiger partial charge in [0.15, 0.2) is 0 Å². The van der Waals surface area contributed by atoms with E-state index < -0.39 is 0 Å². The first-order chi connectivity index (χ1) is 9.56. The van der Waals surface area contributed by atoms with Crippen molar-refractivity contribution in [1.29, 1.82) is 0 Å². The van der Waals surface area contributed by atoms with Crippen LogP contribution in [0.2, 0.25) is 0 Å². The first-order valence-electron chi connectivity index (χ1n) is 6.31. The Morgan fingerprint density at radius 2 is 2.20 bits per heavy atom. The molecular formula is C15H18N2O2S. The highest BCUT2D eigenvalue weighted by Crippen LogP contribution is 2.26. The summed E-state index contributed by atoms with van der Waals surface area (Å²) in [6.45, 7) is 2.48. The maximum atomic E-state index is 12.0. The molecule has 2 aromatic rings. The van der Waals surface area contributed by atoms with E-state index in [-0.39, 0.29) is 5.91 Å². The van der Waals surface area contributed by atoms with Crippen LogP contribution in [0.15, 0.2) is 45.9 Å². The molecule has 0 bridgehead atoms. The minimum Gasteiger partial charge on any atom is -0.467 e. The third-order valence-electron chi connectivity index (χ3n) is 2.92. The molecule has 2 N–H and O–H groups in total. The van der Waals surface area contributed by atoms with Gasteiger partial charge in [-0.2, -0.15) is 0 Å². The van der Waals surface area contributed by atoms with Gasteiger partial charge in [0.25, 0.3) is 0 Å². The molecule has 1 heterocycles. The summed E-state index contributed by atoms with van der Waals surface area (Å²) < 4.78 is 5.23. The molecule has 4 nitrogen and oxygen atoms in total. The third-order valence-corrected chi connectivity index (χ3v) is 3.99. The molecule has 2 rings (SSSR count). The number of thioether (sulfide) groups is 1. The highest BCUT2D eigenvalue weighted by atomic mass is 32.2. The standard InChI is InChI=1S/C15H18N2O2S/c1-11-5-6-14(13(16)8-11)20-10-15(18)17(2)9-12-4-3-7-19-12/h3-8H,9-10,16H2,1-2H3. The summed E-state index contributed by atoms with van der Waals surface area (Å²) >= 11 is 1.46. The lowest BCUT2D eigenvalue weighted by atomic mass is 10.2. The van der Waals surface area contributed by atoms with Gasteiger partial charge in [-0.3, -0.25) is 4.79 Å². The van der Waals surface area contributed by atoms with Gasteiger partial charge in [0.2, 0.25) is 5.91 Å². The second-order valence-electron chi connectivity index (χ2n) is 4.66. The van der Waals surface area contributed by atoms with Crippen LogP contribution >= 0.6 is 11.8 Å². The maximum Gasteiger partial charge on any atom is 0.233 e. The van der Waals surface area contributed by atoms with Gasteiger partial charge in [-0.15, -0.1) is 11.8 Å². The van der Waals surface area contributed by atoms with Gasteiger partial charge in [0.05, 0.1) is 18.6 Å². The number of hydrogen-bond acceptors (Lipinski definition) is 4. The Hall–Kier alpha value is -1.88. The number of carbonyl (C=O) groups is 1. The molecule has 1 aromatic carbocycles. The largest absolute Gasteiger partial charge is 0.467 e. The number of benzene rings is 1. The Labute approximate surface area is 122 Å². The lowest BCUT2D eigenvalue weighted by Crippen LogP contribution is -2.27. The number of anilines is 1. The molecule has 5 heteroatoms. The second-order valence-corrected chi connectivity index (χ2v) is 5.68. The zero-order valence-electron chi connectivity index (χ0n) is 11.6. The quantitative estimate of drug-likeness (QED) is 0.679. The summed E-state index contributed by atoms with van der Waals surface area (Å²) in [7, 11) is 1.77. The molecule has 20 heavy (non-hydrogen) atoms. The summed E-state index contributed by atoms with van der Waals surface area (Å²) in [5.74, 6) is 1.19. The number of nitrogens with zero attached hydrogens (tertiary/aromatic N) is 1. The lowest BCUT2D eigenvalue weighted by molar-refractivity contribution is -0.127. The average molecular weight is 290 g/mol. The summed E-state index contributed by atoms with van der Waals surface area (Å²) in [6, 6.07) is 9.54. The van der Waals surface area contributed by atoms with Gasteiger partial charge < -0.3 is 15.1 Å². The number of carbonyl (C=O) groups excluding carboxylic acids is 1. The predicted molar refractivity (Wildman–Crippen MR) is 81.5 cm³/mol. The van der Waals surface area contributed by atoms with Crippen molar-refractivity contribution in [2.75, 3.05) is 18.5 Å². The van der Waals surface area contributed by atoms with Crippen LogP contribution in [-0.4, -0.2) is 23.6 Å². The van der Waals surface area contributed by atoms with Crippen molar-refractivity contribution in [1.82, 2.24) is 4.90 Å². The molecule has 0 radical (unpaired) electrons. The van der Waals surface area contributed by atoms with Crippen molar-refractivity contribution in [2.45, 2.75) is 18.4 Å². The Morgan fingerprint density at radius 1 is 1.40 bits per heavy atom. The number of rotatable bonds is 5. The molecule has 0 aliphatic carbocycles. The molecule has 0 saturated heterocycles. The molecule has 0 atom stereocenters. The van der Waals surface area contributed by atoms with Crippen molar-refractivity contribution < 1.29 is 9.21 Å². The molecule has 0 fully saturated rings. The third kappa shape index (κ3) is 3.81. The van der Waals surface area contributed by atoms with E-state index in [2.05, 4.69) is 0 Å². The van der Waals surface area contributed by atoms with Gasteiger partial charge in [0.1, 0.15) is 5.76 Å². The SMILES string of the molecule is Cc1ccc(SCC(=O)N(C)Cc2ccco2)c(N)c1. The van der Waals surface area contributed by atoms with Crippen molar-refractivity contribution in [3.63, 3.8) is 0 Å². The Morgan fingerprint density at radius 3 is 2.85 bits per heavy atom. The predicted octanol–water partition coefficient (Wildman–Crippen LogP) is 2.92. The molecule has 0 aliphatic heterocycles. The van der Waals surface area contributed by atoms with Crippen LogP contribution in [0.4, 0.5) is 5.69 Å². The monoisotopic (exact) mass is 290 g/mol. The van der Waals surface area contributed by atoms with Gasteiger partial charge in [-0.05, 0) is 36.8 Å². The molecule has 0 aliphatic rings. The summed E-state index contributed by atoms with van der Waals surface area (Å²) in [4.78, 5) is 14.6. The van der Waals surface area contributed by atoms with E-state index in [0.717, 1.165) is 21.9 Å². The molecule has 1 aromatic heterocycles. The van der Waals surface area contributed by atoms with Crippen LogP contribution in [0.25, 0.3) is 0 Å². The van der Waals surface area contributed by atoms with E-state index in [1.807, 2.05) is 37.3 Å². The molecule has 106 valence electrons. The van der Waals surface area contributed by atoms with Crippen molar-refractivity contribution in [3.8, 4) is 0 Å². The van der Waals surface area contributed by atoms with E-state index in [1.165, 1.54) is 11.8 Å². The summed E-state index contributed by atoms with van der Waals surface area (Å²) in [5.41, 5.74) is 7.77. The van der Waals surface area contributed by atoms with Crippen LogP contribution in [0.3, 0.4) is 0 Å². The fourth-order valence-corrected chi connectivity index (χ4v) is 2.66.